The van der Waals surface area contributed by atoms with Crippen LogP contribution in [0.5, 0.6) is 0 Å². The molecule has 0 spiro atoms. The fourth-order valence-electron chi connectivity index (χ4n) is 1.07. The standard InChI is InChI=1S/C9H20N2O/c1-3-5-6-8(9(10)12)11-7-4-2/h8,11H,3-7H2,1-2H3,(H2,10,12). The molecule has 3 heteroatoms. The van der Waals surface area contributed by atoms with E-state index in [-0.39, 0.29) is 11.9 Å². The summed E-state index contributed by atoms with van der Waals surface area (Å²) in [7, 11) is 0. The van der Waals surface area contributed by atoms with Crippen LogP contribution in [0, 0.1) is 0 Å². The van der Waals surface area contributed by atoms with Crippen molar-refractivity contribution in [2.75, 3.05) is 6.54 Å². The summed E-state index contributed by atoms with van der Waals surface area (Å²) in [5.74, 6) is -0.225. The van der Waals surface area contributed by atoms with Gasteiger partial charge in [-0.05, 0) is 19.4 Å². The maximum Gasteiger partial charge on any atom is 0.234 e. The van der Waals surface area contributed by atoms with Gasteiger partial charge in [-0.3, -0.25) is 4.79 Å². The number of rotatable bonds is 7. The normalized spacial score (nSPS) is 12.8. The molecular weight excluding hydrogens is 152 g/mol. The van der Waals surface area contributed by atoms with Crippen LogP contribution in [-0.4, -0.2) is 18.5 Å². The molecule has 0 aromatic rings. The number of primary amides is 1. The molecule has 72 valence electrons. The van der Waals surface area contributed by atoms with Gasteiger partial charge < -0.3 is 11.1 Å². The van der Waals surface area contributed by atoms with Gasteiger partial charge in [-0.15, -0.1) is 0 Å². The van der Waals surface area contributed by atoms with Gasteiger partial charge in [-0.2, -0.15) is 0 Å². The maximum atomic E-state index is 10.9. The first-order valence-electron chi connectivity index (χ1n) is 4.75. The Balaban J connectivity index is 3.62. The third-order valence-electron chi connectivity index (χ3n) is 1.83. The van der Waals surface area contributed by atoms with E-state index in [1.165, 1.54) is 0 Å². The molecule has 0 saturated heterocycles. The van der Waals surface area contributed by atoms with Gasteiger partial charge in [-0.1, -0.05) is 26.7 Å². The summed E-state index contributed by atoms with van der Waals surface area (Å²) in [4.78, 5) is 10.9. The predicted octanol–water partition coefficient (Wildman–Crippen LogP) is 1.03. The Labute approximate surface area is 74.7 Å². The summed E-state index contributed by atoms with van der Waals surface area (Å²) in [5, 5.41) is 3.13. The summed E-state index contributed by atoms with van der Waals surface area (Å²) in [6.07, 6.45) is 4.07. The number of nitrogens with one attached hydrogen (secondary N) is 1. The topological polar surface area (TPSA) is 55.1 Å². The highest BCUT2D eigenvalue weighted by Gasteiger charge is 2.12. The van der Waals surface area contributed by atoms with Crippen LogP contribution in [0.2, 0.25) is 0 Å². The Morgan fingerprint density at radius 3 is 2.50 bits per heavy atom. The molecule has 0 aliphatic carbocycles. The first kappa shape index (κ1) is 11.4. The molecule has 1 unspecified atom stereocenters. The molecule has 0 rings (SSSR count). The summed E-state index contributed by atoms with van der Waals surface area (Å²) in [5.41, 5.74) is 5.22. The van der Waals surface area contributed by atoms with Crippen molar-refractivity contribution in [3.8, 4) is 0 Å². The quantitative estimate of drug-likeness (QED) is 0.602. The number of nitrogens with two attached hydrogens (primary N) is 1. The van der Waals surface area contributed by atoms with Crippen molar-refractivity contribution in [1.82, 2.24) is 5.32 Å². The highest BCUT2D eigenvalue weighted by atomic mass is 16.1. The lowest BCUT2D eigenvalue weighted by molar-refractivity contribution is -0.120. The first-order valence-corrected chi connectivity index (χ1v) is 4.75. The Bertz CT molecular complexity index is 118. The van der Waals surface area contributed by atoms with Gasteiger partial charge >= 0.3 is 0 Å². The van der Waals surface area contributed by atoms with Crippen molar-refractivity contribution in [3.63, 3.8) is 0 Å². The van der Waals surface area contributed by atoms with Crippen LogP contribution in [0.25, 0.3) is 0 Å². The van der Waals surface area contributed by atoms with Crippen LogP contribution in [0.15, 0.2) is 0 Å². The average molecular weight is 172 g/mol. The van der Waals surface area contributed by atoms with E-state index in [1.807, 2.05) is 0 Å². The predicted molar refractivity (Wildman–Crippen MR) is 50.8 cm³/mol. The lowest BCUT2D eigenvalue weighted by Crippen LogP contribution is -2.41. The van der Waals surface area contributed by atoms with Crippen LogP contribution in [0.4, 0.5) is 0 Å². The van der Waals surface area contributed by atoms with Gasteiger partial charge in [0.1, 0.15) is 0 Å². The molecule has 1 atom stereocenters. The third-order valence-corrected chi connectivity index (χ3v) is 1.83. The molecule has 12 heavy (non-hydrogen) atoms. The van der Waals surface area contributed by atoms with Crippen molar-refractivity contribution in [3.05, 3.63) is 0 Å². The van der Waals surface area contributed by atoms with E-state index in [0.717, 1.165) is 32.2 Å². The average Bonchev–Trinajstić information content (AvgIpc) is 2.04. The van der Waals surface area contributed by atoms with E-state index in [0.29, 0.717) is 0 Å². The van der Waals surface area contributed by atoms with Crippen LogP contribution in [0.3, 0.4) is 0 Å². The second kappa shape index (κ2) is 7.10. The first-order chi connectivity index (χ1) is 5.72. The van der Waals surface area contributed by atoms with Crippen molar-refractivity contribution >= 4 is 5.91 Å². The zero-order valence-corrected chi connectivity index (χ0v) is 8.10. The Morgan fingerprint density at radius 1 is 1.42 bits per heavy atom. The largest absolute Gasteiger partial charge is 0.368 e. The van der Waals surface area contributed by atoms with Gasteiger partial charge in [0.15, 0.2) is 0 Å². The Kier molecular flexibility index (Phi) is 6.76. The van der Waals surface area contributed by atoms with Gasteiger partial charge in [0.25, 0.3) is 0 Å². The van der Waals surface area contributed by atoms with Crippen molar-refractivity contribution < 1.29 is 4.79 Å². The van der Waals surface area contributed by atoms with Gasteiger partial charge in [-0.25, -0.2) is 0 Å². The monoisotopic (exact) mass is 172 g/mol. The lowest BCUT2D eigenvalue weighted by Gasteiger charge is -2.13. The van der Waals surface area contributed by atoms with Crippen molar-refractivity contribution in [1.29, 1.82) is 0 Å². The molecule has 0 aliphatic rings. The molecule has 0 aromatic heterocycles. The van der Waals surface area contributed by atoms with Gasteiger partial charge in [0.05, 0.1) is 6.04 Å². The molecule has 3 N–H and O–H groups in total. The van der Waals surface area contributed by atoms with Crippen LogP contribution >= 0.6 is 0 Å². The number of hydrogen-bond donors (Lipinski definition) is 2. The molecule has 0 heterocycles. The highest BCUT2D eigenvalue weighted by molar-refractivity contribution is 5.79. The van der Waals surface area contributed by atoms with E-state index in [1.54, 1.807) is 0 Å². The number of amides is 1. The molecule has 0 aromatic carbocycles. The number of carbonyl (C=O) groups is 1. The van der Waals surface area contributed by atoms with E-state index < -0.39 is 0 Å². The molecule has 3 nitrogen and oxygen atoms in total. The second-order valence-corrected chi connectivity index (χ2v) is 3.05. The second-order valence-electron chi connectivity index (χ2n) is 3.05. The fraction of sp³-hybridized carbons (Fsp3) is 0.889. The summed E-state index contributed by atoms with van der Waals surface area (Å²) in [6.45, 7) is 5.06. The van der Waals surface area contributed by atoms with E-state index in [9.17, 15) is 4.79 Å². The smallest absolute Gasteiger partial charge is 0.234 e. The molecule has 0 aliphatic heterocycles. The van der Waals surface area contributed by atoms with Crippen LogP contribution in [0.1, 0.15) is 39.5 Å². The SMILES string of the molecule is CCCCC(NCCC)C(N)=O. The minimum absolute atomic E-state index is 0.120. The fourth-order valence-corrected chi connectivity index (χ4v) is 1.07. The van der Waals surface area contributed by atoms with Crippen LogP contribution < -0.4 is 11.1 Å². The molecule has 0 bridgehead atoms. The number of unbranched alkanes of at least 4 members (excludes halogenated alkanes) is 1. The van der Waals surface area contributed by atoms with E-state index >= 15 is 0 Å². The van der Waals surface area contributed by atoms with E-state index in [2.05, 4.69) is 19.2 Å². The minimum Gasteiger partial charge on any atom is -0.368 e. The summed E-state index contributed by atoms with van der Waals surface area (Å²) < 4.78 is 0. The number of carbonyl (C=O) groups excluding carboxylic acids is 1. The molecule has 0 fully saturated rings. The van der Waals surface area contributed by atoms with Crippen molar-refractivity contribution in [2.45, 2.75) is 45.6 Å². The zero-order chi connectivity index (χ0) is 9.40. The zero-order valence-electron chi connectivity index (χ0n) is 8.10. The molecular formula is C9H20N2O. The lowest BCUT2D eigenvalue weighted by atomic mass is 10.1. The number of hydrogen-bond acceptors (Lipinski definition) is 2. The molecule has 0 saturated carbocycles. The summed E-state index contributed by atoms with van der Waals surface area (Å²) >= 11 is 0. The van der Waals surface area contributed by atoms with Crippen LogP contribution in [-0.2, 0) is 4.79 Å². The molecule has 1 amide bonds. The van der Waals surface area contributed by atoms with E-state index in [4.69, 9.17) is 5.73 Å². The van der Waals surface area contributed by atoms with Gasteiger partial charge in [0, 0.05) is 0 Å². The Morgan fingerprint density at radius 2 is 2.08 bits per heavy atom. The highest BCUT2D eigenvalue weighted by Crippen LogP contribution is 1.99. The van der Waals surface area contributed by atoms with Gasteiger partial charge in [0.2, 0.25) is 5.91 Å². The minimum atomic E-state index is -0.225. The maximum absolute atomic E-state index is 10.9. The molecule has 0 radical (unpaired) electrons. The van der Waals surface area contributed by atoms with Crippen molar-refractivity contribution in [2.24, 2.45) is 5.73 Å². The summed E-state index contributed by atoms with van der Waals surface area (Å²) in [6, 6.07) is -0.120. The third kappa shape index (κ3) is 5.13. The Hall–Kier alpha value is -0.570.